The number of aryl methyl sites for hydroxylation is 1. The first-order valence-electron chi connectivity index (χ1n) is 9.36. The minimum Gasteiger partial charge on any atom is -0.464 e. The molecule has 7 heteroatoms. The Morgan fingerprint density at radius 2 is 1.89 bits per heavy atom. The first kappa shape index (κ1) is 19.8. The smallest absolute Gasteiger partial charge is 0.354 e. The van der Waals surface area contributed by atoms with Gasteiger partial charge in [0.05, 0.1) is 13.2 Å². The number of aromatic nitrogens is 2. The van der Waals surface area contributed by atoms with E-state index in [2.05, 4.69) is 9.97 Å². The Morgan fingerprint density at radius 3 is 2.46 bits per heavy atom. The third kappa shape index (κ3) is 3.83. The van der Waals surface area contributed by atoms with Crippen LogP contribution in [0.5, 0.6) is 0 Å². The molecule has 1 unspecified atom stereocenters. The molecule has 0 spiro atoms. The molecule has 2 heterocycles. The molecule has 0 saturated heterocycles. The SMILES string of the molecule is COC(=O)c1[nH]c(C)c(C(=O)C(C)N(Cc2ccncc2)C(=O)C2CC2)c1C. The lowest BCUT2D eigenvalue weighted by molar-refractivity contribution is -0.134. The van der Waals surface area contributed by atoms with Crippen LogP contribution in [0.25, 0.3) is 0 Å². The molecule has 0 aliphatic heterocycles. The van der Waals surface area contributed by atoms with E-state index >= 15 is 0 Å². The molecular formula is C21H25N3O4. The maximum Gasteiger partial charge on any atom is 0.354 e. The highest BCUT2D eigenvalue weighted by molar-refractivity contribution is 6.06. The molecule has 3 rings (SSSR count). The first-order valence-corrected chi connectivity index (χ1v) is 9.36. The summed E-state index contributed by atoms with van der Waals surface area (Å²) in [4.78, 5) is 46.7. The van der Waals surface area contributed by atoms with Crippen LogP contribution < -0.4 is 0 Å². The van der Waals surface area contributed by atoms with E-state index in [4.69, 9.17) is 4.74 Å². The molecule has 2 aromatic rings. The summed E-state index contributed by atoms with van der Waals surface area (Å²) in [6.45, 7) is 5.55. The number of aromatic amines is 1. The van der Waals surface area contributed by atoms with Gasteiger partial charge in [0.1, 0.15) is 5.69 Å². The normalized spacial score (nSPS) is 14.4. The quantitative estimate of drug-likeness (QED) is 0.586. The number of H-pyrrole nitrogens is 1. The average molecular weight is 383 g/mol. The van der Waals surface area contributed by atoms with Gasteiger partial charge in [0.25, 0.3) is 0 Å². The number of Topliss-reactive ketones (excluding diaryl/α,β-unsaturated/α-hetero) is 1. The second kappa shape index (κ2) is 7.96. The number of amides is 1. The summed E-state index contributed by atoms with van der Waals surface area (Å²) in [5.41, 5.74) is 2.77. The standard InChI is InChI=1S/C21H25N3O4/c1-12-17(13(2)23-18(12)21(27)28-4)19(25)14(3)24(20(26)16-5-6-16)11-15-7-9-22-10-8-15/h7-10,14,16,23H,5-6,11H2,1-4H3. The Hall–Kier alpha value is -2.96. The van der Waals surface area contributed by atoms with Crippen molar-refractivity contribution in [3.8, 4) is 0 Å². The highest BCUT2D eigenvalue weighted by Gasteiger charge is 2.38. The lowest BCUT2D eigenvalue weighted by atomic mass is 9.99. The zero-order valence-electron chi connectivity index (χ0n) is 16.6. The largest absolute Gasteiger partial charge is 0.464 e. The molecule has 28 heavy (non-hydrogen) atoms. The number of methoxy groups -OCH3 is 1. The Morgan fingerprint density at radius 1 is 1.25 bits per heavy atom. The van der Waals surface area contributed by atoms with Gasteiger partial charge in [0, 0.05) is 36.1 Å². The molecule has 0 bridgehead atoms. The van der Waals surface area contributed by atoms with Gasteiger partial charge < -0.3 is 14.6 Å². The van der Waals surface area contributed by atoms with E-state index in [1.54, 1.807) is 38.1 Å². The molecule has 0 aromatic carbocycles. The Balaban J connectivity index is 1.91. The van der Waals surface area contributed by atoms with Crippen LogP contribution in [0.2, 0.25) is 0 Å². The second-order valence-electron chi connectivity index (χ2n) is 7.25. The summed E-state index contributed by atoms with van der Waals surface area (Å²) >= 11 is 0. The topological polar surface area (TPSA) is 92.4 Å². The van der Waals surface area contributed by atoms with E-state index in [1.807, 2.05) is 12.1 Å². The van der Waals surface area contributed by atoms with E-state index in [-0.39, 0.29) is 23.3 Å². The van der Waals surface area contributed by atoms with Crippen LogP contribution in [-0.2, 0) is 16.1 Å². The summed E-state index contributed by atoms with van der Waals surface area (Å²) in [5.74, 6) is -0.715. The Bertz CT molecular complexity index is 900. The Labute approximate surface area is 164 Å². The van der Waals surface area contributed by atoms with Gasteiger partial charge in [-0.1, -0.05) is 0 Å². The van der Waals surface area contributed by atoms with Gasteiger partial charge in [-0.2, -0.15) is 0 Å². The number of ketones is 1. The molecule has 1 aliphatic carbocycles. The minimum absolute atomic E-state index is 0.00306. The molecule has 0 radical (unpaired) electrons. The number of pyridine rings is 1. The summed E-state index contributed by atoms with van der Waals surface area (Å²) < 4.78 is 4.78. The van der Waals surface area contributed by atoms with Gasteiger partial charge >= 0.3 is 5.97 Å². The predicted molar refractivity (Wildman–Crippen MR) is 103 cm³/mol. The number of nitrogens with one attached hydrogen (secondary N) is 1. The maximum atomic E-state index is 13.3. The van der Waals surface area contributed by atoms with Gasteiger partial charge in [-0.15, -0.1) is 0 Å². The molecule has 1 saturated carbocycles. The average Bonchev–Trinajstić information content (AvgIpc) is 3.50. The monoisotopic (exact) mass is 383 g/mol. The number of carbonyl (C=O) groups is 3. The van der Waals surface area contributed by atoms with E-state index in [1.165, 1.54) is 7.11 Å². The van der Waals surface area contributed by atoms with Crippen LogP contribution in [0.15, 0.2) is 24.5 Å². The molecular weight excluding hydrogens is 358 g/mol. The van der Waals surface area contributed by atoms with Crippen molar-refractivity contribution in [3.05, 3.63) is 52.6 Å². The zero-order chi connectivity index (χ0) is 20.4. The van der Waals surface area contributed by atoms with Gasteiger partial charge in [0.2, 0.25) is 5.91 Å². The van der Waals surface area contributed by atoms with Gasteiger partial charge in [-0.05, 0) is 56.9 Å². The van der Waals surface area contributed by atoms with Crippen LogP contribution in [0.4, 0.5) is 0 Å². The molecule has 2 aromatic heterocycles. The van der Waals surface area contributed by atoms with Crippen molar-refractivity contribution in [1.29, 1.82) is 0 Å². The van der Waals surface area contributed by atoms with E-state index < -0.39 is 12.0 Å². The fourth-order valence-corrected chi connectivity index (χ4v) is 3.43. The number of hydrogen-bond donors (Lipinski definition) is 1. The lowest BCUT2D eigenvalue weighted by Crippen LogP contribution is -2.43. The summed E-state index contributed by atoms with van der Waals surface area (Å²) in [5, 5.41) is 0. The van der Waals surface area contributed by atoms with Crippen molar-refractivity contribution in [2.45, 2.75) is 46.2 Å². The van der Waals surface area contributed by atoms with E-state index in [9.17, 15) is 14.4 Å². The summed E-state index contributed by atoms with van der Waals surface area (Å²) in [6, 6.07) is 3.03. The van der Waals surface area contributed by atoms with Crippen LogP contribution in [0, 0.1) is 19.8 Å². The van der Waals surface area contributed by atoms with Crippen molar-refractivity contribution >= 4 is 17.7 Å². The van der Waals surface area contributed by atoms with Gasteiger partial charge in [-0.25, -0.2) is 4.79 Å². The Kier molecular flexibility index (Phi) is 5.63. The van der Waals surface area contributed by atoms with Crippen LogP contribution >= 0.6 is 0 Å². The second-order valence-corrected chi connectivity index (χ2v) is 7.25. The van der Waals surface area contributed by atoms with Crippen LogP contribution in [-0.4, -0.2) is 45.7 Å². The number of rotatable bonds is 7. The fourth-order valence-electron chi connectivity index (χ4n) is 3.43. The highest BCUT2D eigenvalue weighted by Crippen LogP contribution is 2.33. The van der Waals surface area contributed by atoms with E-state index in [0.29, 0.717) is 23.4 Å². The maximum absolute atomic E-state index is 13.3. The van der Waals surface area contributed by atoms with Gasteiger partial charge in [0.15, 0.2) is 5.78 Å². The number of carbonyl (C=O) groups excluding carboxylic acids is 3. The fraction of sp³-hybridized carbons (Fsp3) is 0.429. The first-order chi connectivity index (χ1) is 13.3. The van der Waals surface area contributed by atoms with Crippen LogP contribution in [0.3, 0.4) is 0 Å². The minimum atomic E-state index is -0.653. The molecule has 1 amide bonds. The van der Waals surface area contributed by atoms with Gasteiger partial charge in [-0.3, -0.25) is 14.6 Å². The molecule has 1 atom stereocenters. The molecule has 1 N–H and O–H groups in total. The number of hydrogen-bond acceptors (Lipinski definition) is 5. The van der Waals surface area contributed by atoms with Crippen molar-refractivity contribution in [2.75, 3.05) is 7.11 Å². The zero-order valence-corrected chi connectivity index (χ0v) is 16.6. The number of esters is 1. The predicted octanol–water partition coefficient (Wildman–Crippen LogP) is 2.82. The van der Waals surface area contributed by atoms with Crippen LogP contribution in [0.1, 0.15) is 57.4 Å². The third-order valence-corrected chi connectivity index (χ3v) is 5.23. The summed E-state index contributed by atoms with van der Waals surface area (Å²) in [6.07, 6.45) is 5.07. The molecule has 1 fully saturated rings. The van der Waals surface area contributed by atoms with Crippen molar-refractivity contribution in [2.24, 2.45) is 5.92 Å². The highest BCUT2D eigenvalue weighted by atomic mass is 16.5. The summed E-state index contributed by atoms with van der Waals surface area (Å²) in [7, 11) is 1.30. The molecule has 148 valence electrons. The molecule has 1 aliphatic rings. The van der Waals surface area contributed by atoms with Crippen molar-refractivity contribution in [1.82, 2.24) is 14.9 Å². The number of nitrogens with zero attached hydrogens (tertiary/aromatic N) is 2. The number of ether oxygens (including phenoxy) is 1. The lowest BCUT2D eigenvalue weighted by Gasteiger charge is -2.29. The third-order valence-electron chi connectivity index (χ3n) is 5.23. The molecule has 7 nitrogen and oxygen atoms in total. The van der Waals surface area contributed by atoms with E-state index in [0.717, 1.165) is 18.4 Å². The van der Waals surface area contributed by atoms with Crippen molar-refractivity contribution in [3.63, 3.8) is 0 Å². The van der Waals surface area contributed by atoms with Crippen molar-refractivity contribution < 1.29 is 19.1 Å².